The van der Waals surface area contributed by atoms with E-state index in [9.17, 15) is 0 Å². The van der Waals surface area contributed by atoms with E-state index in [4.69, 9.17) is 4.74 Å². The highest BCUT2D eigenvalue weighted by atomic mass is 16.5. The van der Waals surface area contributed by atoms with Crippen LogP contribution in [0, 0.1) is 5.41 Å². The molecule has 0 aromatic heterocycles. The zero-order valence-corrected chi connectivity index (χ0v) is 13.5. The molecule has 2 saturated heterocycles. The molecule has 3 nitrogen and oxygen atoms in total. The maximum atomic E-state index is 5.92. The minimum Gasteiger partial charge on any atom is -0.378 e. The van der Waals surface area contributed by atoms with E-state index in [2.05, 4.69) is 31.0 Å². The predicted molar refractivity (Wildman–Crippen MR) is 83.0 cm³/mol. The van der Waals surface area contributed by atoms with Crippen LogP contribution in [0.5, 0.6) is 0 Å². The van der Waals surface area contributed by atoms with Crippen LogP contribution in [0.1, 0.15) is 59.3 Å². The molecule has 0 amide bonds. The first kappa shape index (κ1) is 14.8. The molecule has 2 aliphatic heterocycles. The molecule has 1 aliphatic carbocycles. The smallest absolute Gasteiger partial charge is 0.0658 e. The highest BCUT2D eigenvalue weighted by molar-refractivity contribution is 5.06. The van der Waals surface area contributed by atoms with E-state index in [-0.39, 0.29) is 0 Å². The average molecular weight is 280 g/mol. The van der Waals surface area contributed by atoms with Crippen LogP contribution in [-0.2, 0) is 4.74 Å². The molecule has 0 bridgehead atoms. The normalized spacial score (nSPS) is 45.1. The van der Waals surface area contributed by atoms with Crippen LogP contribution >= 0.6 is 0 Å². The van der Waals surface area contributed by atoms with E-state index in [0.717, 1.165) is 18.7 Å². The quantitative estimate of drug-likeness (QED) is 0.838. The second-order valence-corrected chi connectivity index (χ2v) is 7.31. The number of ether oxygens (including phenoxy) is 1. The first-order valence-corrected chi connectivity index (χ1v) is 8.79. The van der Waals surface area contributed by atoms with Gasteiger partial charge in [0.1, 0.15) is 0 Å². The van der Waals surface area contributed by atoms with Crippen LogP contribution in [-0.4, -0.2) is 48.8 Å². The van der Waals surface area contributed by atoms with Gasteiger partial charge < -0.3 is 15.0 Å². The Morgan fingerprint density at radius 3 is 2.80 bits per heavy atom. The van der Waals surface area contributed by atoms with Crippen LogP contribution < -0.4 is 5.32 Å². The molecule has 5 unspecified atom stereocenters. The SMILES string of the molecule is CCOC1CC(NC2CCN3CCCC3C2)C1(C)CC. The third kappa shape index (κ3) is 2.53. The second-order valence-electron chi connectivity index (χ2n) is 7.31. The fourth-order valence-corrected chi connectivity index (χ4v) is 4.67. The Kier molecular flexibility index (Phi) is 4.40. The van der Waals surface area contributed by atoms with Gasteiger partial charge in [-0.15, -0.1) is 0 Å². The van der Waals surface area contributed by atoms with Crippen molar-refractivity contribution in [1.82, 2.24) is 10.2 Å². The lowest BCUT2D eigenvalue weighted by Gasteiger charge is -2.55. The highest BCUT2D eigenvalue weighted by Gasteiger charge is 2.51. The number of rotatable bonds is 5. The molecule has 1 N–H and O–H groups in total. The van der Waals surface area contributed by atoms with Gasteiger partial charge in [-0.25, -0.2) is 0 Å². The maximum absolute atomic E-state index is 5.92. The van der Waals surface area contributed by atoms with Crippen molar-refractivity contribution < 1.29 is 4.74 Å². The number of fused-ring (bicyclic) bond motifs is 1. The summed E-state index contributed by atoms with van der Waals surface area (Å²) in [6.07, 6.45) is 8.46. The Morgan fingerprint density at radius 1 is 1.20 bits per heavy atom. The van der Waals surface area contributed by atoms with Gasteiger partial charge in [0.05, 0.1) is 6.10 Å². The van der Waals surface area contributed by atoms with Crippen LogP contribution in [0.4, 0.5) is 0 Å². The first-order chi connectivity index (χ1) is 9.67. The lowest BCUT2D eigenvalue weighted by Crippen LogP contribution is -2.65. The topological polar surface area (TPSA) is 24.5 Å². The van der Waals surface area contributed by atoms with Gasteiger partial charge in [-0.2, -0.15) is 0 Å². The zero-order chi connectivity index (χ0) is 14.2. The van der Waals surface area contributed by atoms with Crippen molar-refractivity contribution in [2.45, 2.75) is 83.5 Å². The molecule has 2 heterocycles. The van der Waals surface area contributed by atoms with E-state index in [1.165, 1.54) is 51.6 Å². The zero-order valence-electron chi connectivity index (χ0n) is 13.5. The van der Waals surface area contributed by atoms with Crippen molar-refractivity contribution in [3.05, 3.63) is 0 Å². The van der Waals surface area contributed by atoms with E-state index in [1.807, 2.05) is 0 Å². The molecule has 3 fully saturated rings. The third-order valence-corrected chi connectivity index (χ3v) is 6.37. The van der Waals surface area contributed by atoms with Crippen LogP contribution in [0.2, 0.25) is 0 Å². The monoisotopic (exact) mass is 280 g/mol. The summed E-state index contributed by atoms with van der Waals surface area (Å²) in [5.41, 5.74) is 0.350. The van der Waals surface area contributed by atoms with Crippen LogP contribution in [0.3, 0.4) is 0 Å². The summed E-state index contributed by atoms with van der Waals surface area (Å²) in [7, 11) is 0. The Hall–Kier alpha value is -0.120. The van der Waals surface area contributed by atoms with Gasteiger partial charge in [0.2, 0.25) is 0 Å². The molecule has 3 aliphatic rings. The average Bonchev–Trinajstić information content (AvgIpc) is 2.92. The van der Waals surface area contributed by atoms with Crippen molar-refractivity contribution in [2.24, 2.45) is 5.41 Å². The molecular formula is C17H32N2O. The fourth-order valence-electron chi connectivity index (χ4n) is 4.67. The summed E-state index contributed by atoms with van der Waals surface area (Å²) < 4.78 is 5.92. The molecule has 0 spiro atoms. The van der Waals surface area contributed by atoms with Crippen molar-refractivity contribution in [3.8, 4) is 0 Å². The summed E-state index contributed by atoms with van der Waals surface area (Å²) in [5, 5.41) is 3.99. The molecule has 5 atom stereocenters. The highest BCUT2D eigenvalue weighted by Crippen LogP contribution is 2.46. The molecule has 116 valence electrons. The van der Waals surface area contributed by atoms with Crippen molar-refractivity contribution in [1.29, 1.82) is 0 Å². The fraction of sp³-hybridized carbons (Fsp3) is 1.00. The predicted octanol–water partition coefficient (Wildman–Crippen LogP) is 2.80. The lowest BCUT2D eigenvalue weighted by atomic mass is 9.61. The summed E-state index contributed by atoms with van der Waals surface area (Å²) in [6, 6.07) is 2.28. The second kappa shape index (κ2) is 5.94. The summed E-state index contributed by atoms with van der Waals surface area (Å²) >= 11 is 0. The molecule has 0 radical (unpaired) electrons. The number of hydrogen-bond acceptors (Lipinski definition) is 3. The molecular weight excluding hydrogens is 248 g/mol. The van der Waals surface area contributed by atoms with E-state index >= 15 is 0 Å². The first-order valence-electron chi connectivity index (χ1n) is 8.79. The van der Waals surface area contributed by atoms with Crippen LogP contribution in [0.15, 0.2) is 0 Å². The summed E-state index contributed by atoms with van der Waals surface area (Å²) in [6.45, 7) is 10.4. The van der Waals surface area contributed by atoms with Gasteiger partial charge in [-0.05, 0) is 58.5 Å². The standard InChI is InChI=1S/C17H32N2O/c1-4-17(3)15(12-16(17)20-5-2)18-13-8-10-19-9-6-7-14(19)11-13/h13-16,18H,4-12H2,1-3H3. The third-order valence-electron chi connectivity index (χ3n) is 6.37. The Morgan fingerprint density at radius 2 is 2.05 bits per heavy atom. The summed E-state index contributed by atoms with van der Waals surface area (Å²) in [4.78, 5) is 2.71. The van der Waals surface area contributed by atoms with Crippen molar-refractivity contribution in [3.63, 3.8) is 0 Å². The van der Waals surface area contributed by atoms with Crippen molar-refractivity contribution in [2.75, 3.05) is 19.7 Å². The number of nitrogens with one attached hydrogen (secondary N) is 1. The van der Waals surface area contributed by atoms with Crippen LogP contribution in [0.25, 0.3) is 0 Å². The Labute approximate surface area is 124 Å². The van der Waals surface area contributed by atoms with Gasteiger partial charge in [-0.1, -0.05) is 13.8 Å². The number of piperidine rings is 1. The molecule has 0 aromatic rings. The molecule has 20 heavy (non-hydrogen) atoms. The van der Waals surface area contributed by atoms with Gasteiger partial charge in [0.15, 0.2) is 0 Å². The number of nitrogens with zero attached hydrogens (tertiary/aromatic N) is 1. The lowest BCUT2D eigenvalue weighted by molar-refractivity contribution is -0.129. The molecule has 3 heteroatoms. The Balaban J connectivity index is 1.53. The van der Waals surface area contributed by atoms with Gasteiger partial charge in [0.25, 0.3) is 0 Å². The Bertz CT molecular complexity index is 335. The largest absolute Gasteiger partial charge is 0.378 e. The minimum atomic E-state index is 0.350. The van der Waals surface area contributed by atoms with E-state index in [1.54, 1.807) is 0 Å². The molecule has 3 rings (SSSR count). The maximum Gasteiger partial charge on any atom is 0.0658 e. The van der Waals surface area contributed by atoms with Crippen molar-refractivity contribution >= 4 is 0 Å². The van der Waals surface area contributed by atoms with Gasteiger partial charge in [0, 0.05) is 30.1 Å². The van der Waals surface area contributed by atoms with Gasteiger partial charge >= 0.3 is 0 Å². The summed E-state index contributed by atoms with van der Waals surface area (Å²) in [5.74, 6) is 0. The number of hydrogen-bond donors (Lipinski definition) is 1. The minimum absolute atomic E-state index is 0.350. The molecule has 0 aromatic carbocycles. The van der Waals surface area contributed by atoms with Gasteiger partial charge in [-0.3, -0.25) is 0 Å². The molecule has 1 saturated carbocycles. The van der Waals surface area contributed by atoms with E-state index < -0.39 is 0 Å². The van der Waals surface area contributed by atoms with E-state index in [0.29, 0.717) is 17.6 Å².